The Balaban J connectivity index is 2.14. The smallest absolute Gasteiger partial charge is 0.207 e. The molecular weight excluding hydrogens is 361 g/mol. The molecule has 0 aliphatic carbocycles. The van der Waals surface area contributed by atoms with Gasteiger partial charge in [0.25, 0.3) is 9.05 Å². The van der Waals surface area contributed by atoms with Crippen LogP contribution < -0.4 is 4.72 Å². The molecule has 114 valence electrons. The van der Waals surface area contributed by atoms with Gasteiger partial charge in [-0.2, -0.15) is 0 Å². The van der Waals surface area contributed by atoms with Crippen molar-refractivity contribution in [1.82, 2.24) is 4.72 Å². The zero-order valence-electron chi connectivity index (χ0n) is 10.3. The van der Waals surface area contributed by atoms with Gasteiger partial charge in [-0.15, -0.1) is 11.3 Å². The van der Waals surface area contributed by atoms with E-state index >= 15 is 0 Å². The molecule has 0 bridgehead atoms. The lowest BCUT2D eigenvalue weighted by Gasteiger charge is -2.05. The summed E-state index contributed by atoms with van der Waals surface area (Å²) in [5, 5.41) is 0. The van der Waals surface area contributed by atoms with Gasteiger partial charge in [0.1, 0.15) is 10.0 Å². The van der Waals surface area contributed by atoms with Gasteiger partial charge in [-0.25, -0.2) is 25.9 Å². The zero-order valence-corrected chi connectivity index (χ0v) is 13.5. The van der Waals surface area contributed by atoms with Crippen LogP contribution in [0.4, 0.5) is 4.39 Å². The lowest BCUT2D eigenvalue weighted by atomic mass is 10.4. The molecule has 0 fully saturated rings. The summed E-state index contributed by atoms with van der Waals surface area (Å²) in [5.74, 6) is -0.662. The lowest BCUT2D eigenvalue weighted by molar-refractivity contribution is 0.578. The van der Waals surface area contributed by atoms with Gasteiger partial charge in [-0.05, 0) is 30.3 Å². The number of hydrogen-bond donors (Lipinski definition) is 1. The standard InChI is InChI=1S/C11H9ClFNO4S3/c12-20(15,16)11-5-4-9(19-11)7-14-21(17,18)10-3-1-2-8(13)6-10/h1-6,14H,7H2. The van der Waals surface area contributed by atoms with Crippen LogP contribution in [0.3, 0.4) is 0 Å². The van der Waals surface area contributed by atoms with Crippen molar-refractivity contribution >= 4 is 41.1 Å². The summed E-state index contributed by atoms with van der Waals surface area (Å²) in [7, 11) is -2.53. The second-order valence-corrected chi connectivity index (χ2v) is 9.67. The predicted molar refractivity (Wildman–Crippen MR) is 77.8 cm³/mol. The van der Waals surface area contributed by atoms with E-state index in [4.69, 9.17) is 10.7 Å². The summed E-state index contributed by atoms with van der Waals surface area (Å²) < 4.78 is 61.3. The molecule has 1 aromatic heterocycles. The van der Waals surface area contributed by atoms with E-state index in [0.717, 1.165) is 23.5 Å². The molecule has 2 aromatic rings. The van der Waals surface area contributed by atoms with Crippen molar-refractivity contribution in [2.45, 2.75) is 15.6 Å². The minimum absolute atomic E-state index is 0.0656. The number of hydrogen-bond acceptors (Lipinski definition) is 5. The van der Waals surface area contributed by atoms with Gasteiger partial charge in [0.15, 0.2) is 0 Å². The summed E-state index contributed by atoms with van der Waals surface area (Å²) >= 11 is 0.858. The number of sulfonamides is 1. The van der Waals surface area contributed by atoms with Crippen LogP contribution in [0, 0.1) is 5.82 Å². The normalized spacial score (nSPS) is 12.5. The highest BCUT2D eigenvalue weighted by Crippen LogP contribution is 2.25. The summed E-state index contributed by atoms with van der Waals surface area (Å²) in [6, 6.07) is 7.32. The fourth-order valence-corrected chi connectivity index (χ4v) is 4.66. The fraction of sp³-hybridized carbons (Fsp3) is 0.0909. The van der Waals surface area contributed by atoms with Crippen molar-refractivity contribution in [2.24, 2.45) is 0 Å². The van der Waals surface area contributed by atoms with Crippen molar-refractivity contribution in [3.8, 4) is 0 Å². The molecule has 1 heterocycles. The molecule has 1 N–H and O–H groups in total. The molecule has 1 aromatic carbocycles. The Bertz CT molecular complexity index is 861. The maximum Gasteiger partial charge on any atom is 0.270 e. The Morgan fingerprint density at radius 2 is 1.86 bits per heavy atom. The molecular formula is C11H9ClFNO4S3. The molecule has 21 heavy (non-hydrogen) atoms. The molecule has 0 aliphatic rings. The Morgan fingerprint density at radius 1 is 1.14 bits per heavy atom. The first-order chi connectivity index (χ1) is 9.68. The van der Waals surface area contributed by atoms with E-state index in [0.29, 0.717) is 4.88 Å². The number of thiophene rings is 1. The van der Waals surface area contributed by atoms with E-state index in [2.05, 4.69) is 4.72 Å². The van der Waals surface area contributed by atoms with Crippen LogP contribution in [0.25, 0.3) is 0 Å². The van der Waals surface area contributed by atoms with Crippen molar-refractivity contribution in [3.05, 3.63) is 47.1 Å². The van der Waals surface area contributed by atoms with Gasteiger partial charge in [-0.1, -0.05) is 6.07 Å². The minimum Gasteiger partial charge on any atom is -0.207 e. The Labute approximate surface area is 129 Å². The Hall–Kier alpha value is -1.00. The zero-order chi connectivity index (χ0) is 15.7. The summed E-state index contributed by atoms with van der Waals surface area (Å²) in [6.07, 6.45) is 0. The van der Waals surface area contributed by atoms with Gasteiger partial charge >= 0.3 is 0 Å². The predicted octanol–water partition coefficient (Wildman–Crippen LogP) is 2.29. The van der Waals surface area contributed by atoms with Crippen LogP contribution in [0.2, 0.25) is 0 Å². The SMILES string of the molecule is O=S(=O)(Cl)c1ccc(CNS(=O)(=O)c2cccc(F)c2)s1. The Kier molecular flexibility index (Phi) is 4.69. The van der Waals surface area contributed by atoms with E-state index in [1.54, 1.807) is 0 Å². The first-order valence-electron chi connectivity index (χ1n) is 5.47. The third kappa shape index (κ3) is 4.24. The van der Waals surface area contributed by atoms with E-state index in [1.165, 1.54) is 24.3 Å². The Morgan fingerprint density at radius 3 is 2.43 bits per heavy atom. The van der Waals surface area contributed by atoms with Crippen molar-refractivity contribution in [2.75, 3.05) is 0 Å². The quantitative estimate of drug-likeness (QED) is 0.820. The minimum atomic E-state index is -3.87. The summed E-state index contributed by atoms with van der Waals surface area (Å²) in [5.41, 5.74) is 0. The van der Waals surface area contributed by atoms with Crippen LogP contribution in [0.5, 0.6) is 0 Å². The average molecular weight is 370 g/mol. The topological polar surface area (TPSA) is 80.3 Å². The molecule has 2 rings (SSSR count). The lowest BCUT2D eigenvalue weighted by Crippen LogP contribution is -2.22. The molecule has 0 radical (unpaired) electrons. The van der Waals surface area contributed by atoms with Crippen molar-refractivity contribution < 1.29 is 21.2 Å². The number of halogens is 2. The van der Waals surface area contributed by atoms with Gasteiger partial charge < -0.3 is 0 Å². The van der Waals surface area contributed by atoms with E-state index in [-0.39, 0.29) is 15.6 Å². The second kappa shape index (κ2) is 6.01. The maximum absolute atomic E-state index is 13.0. The van der Waals surface area contributed by atoms with Gasteiger partial charge in [-0.3, -0.25) is 0 Å². The number of benzene rings is 1. The average Bonchev–Trinajstić information content (AvgIpc) is 2.85. The van der Waals surface area contributed by atoms with E-state index in [9.17, 15) is 21.2 Å². The van der Waals surface area contributed by atoms with Crippen LogP contribution in [0.1, 0.15) is 4.88 Å². The molecule has 10 heteroatoms. The molecule has 0 saturated carbocycles. The molecule has 0 spiro atoms. The highest BCUT2D eigenvalue weighted by molar-refractivity contribution is 8.15. The van der Waals surface area contributed by atoms with Gasteiger partial charge in [0.05, 0.1) is 4.90 Å². The fourth-order valence-electron chi connectivity index (χ4n) is 1.47. The molecule has 0 unspecified atom stereocenters. The van der Waals surface area contributed by atoms with Crippen molar-refractivity contribution in [3.63, 3.8) is 0 Å². The third-order valence-electron chi connectivity index (χ3n) is 2.42. The van der Waals surface area contributed by atoms with Crippen molar-refractivity contribution in [1.29, 1.82) is 0 Å². The molecule has 0 aliphatic heterocycles. The second-order valence-electron chi connectivity index (χ2n) is 3.94. The maximum atomic E-state index is 13.0. The largest absolute Gasteiger partial charge is 0.270 e. The summed E-state index contributed by atoms with van der Waals surface area (Å²) in [6.45, 7) is -0.115. The monoisotopic (exact) mass is 369 g/mol. The van der Waals surface area contributed by atoms with Crippen LogP contribution in [-0.4, -0.2) is 16.8 Å². The van der Waals surface area contributed by atoms with E-state index < -0.39 is 24.9 Å². The number of rotatable bonds is 5. The molecule has 5 nitrogen and oxygen atoms in total. The third-order valence-corrected chi connectivity index (χ3v) is 7.00. The van der Waals surface area contributed by atoms with E-state index in [1.807, 2.05) is 0 Å². The highest BCUT2D eigenvalue weighted by atomic mass is 35.7. The van der Waals surface area contributed by atoms with Crippen LogP contribution in [-0.2, 0) is 25.6 Å². The number of nitrogens with one attached hydrogen (secondary N) is 1. The first-order valence-corrected chi connectivity index (χ1v) is 10.1. The molecule has 0 amide bonds. The van der Waals surface area contributed by atoms with Gasteiger partial charge in [0, 0.05) is 22.1 Å². The first kappa shape index (κ1) is 16.4. The summed E-state index contributed by atoms with van der Waals surface area (Å²) in [4.78, 5) is 0.262. The van der Waals surface area contributed by atoms with Crippen LogP contribution in [0.15, 0.2) is 45.5 Å². The highest BCUT2D eigenvalue weighted by Gasteiger charge is 2.17. The molecule has 0 atom stereocenters. The molecule has 0 saturated heterocycles. The van der Waals surface area contributed by atoms with Crippen LogP contribution >= 0.6 is 22.0 Å². The van der Waals surface area contributed by atoms with Gasteiger partial charge in [0.2, 0.25) is 10.0 Å².